The Bertz CT molecular complexity index is 705. The zero-order valence-corrected chi connectivity index (χ0v) is 13.0. The molecule has 3 heteroatoms. The van der Waals surface area contributed by atoms with Crippen molar-refractivity contribution in [3.63, 3.8) is 0 Å². The fourth-order valence-electron chi connectivity index (χ4n) is 2.89. The predicted molar refractivity (Wildman–Crippen MR) is 90.4 cm³/mol. The average Bonchev–Trinajstić information content (AvgIpc) is 3.17. The first-order valence-corrected chi connectivity index (χ1v) is 8.88. The lowest BCUT2D eigenvalue weighted by molar-refractivity contribution is 0.949. The molecule has 4 rings (SSSR count). The summed E-state index contributed by atoms with van der Waals surface area (Å²) in [5.41, 5.74) is 2.90. The van der Waals surface area contributed by atoms with Gasteiger partial charge in [-0.25, -0.2) is 0 Å². The Labute approximate surface area is 127 Å². The fourth-order valence-corrected chi connectivity index (χ4v) is 5.32. The third-order valence-electron chi connectivity index (χ3n) is 3.96. The van der Waals surface area contributed by atoms with E-state index in [-0.39, 0.29) is 0 Å². The molecule has 1 fully saturated rings. The molecule has 0 atom stereocenters. The van der Waals surface area contributed by atoms with Crippen molar-refractivity contribution in [2.45, 2.75) is 19.3 Å². The van der Waals surface area contributed by atoms with Gasteiger partial charge in [0.05, 0.1) is 9.70 Å². The second-order valence-corrected chi connectivity index (χ2v) is 7.34. The molecule has 0 N–H and O–H groups in total. The molecule has 0 amide bonds. The van der Waals surface area contributed by atoms with Crippen LogP contribution in [-0.2, 0) is 6.42 Å². The molecule has 3 aromatic rings. The third kappa shape index (κ3) is 2.25. The molecule has 1 aliphatic rings. The van der Waals surface area contributed by atoms with Crippen LogP contribution in [0.2, 0.25) is 0 Å². The zero-order chi connectivity index (χ0) is 13.4. The van der Waals surface area contributed by atoms with Gasteiger partial charge in [-0.2, -0.15) is 0 Å². The molecule has 0 saturated carbocycles. The highest BCUT2D eigenvalue weighted by Gasteiger charge is 2.17. The third-order valence-corrected chi connectivity index (χ3v) is 6.34. The van der Waals surface area contributed by atoms with Crippen LogP contribution in [0.4, 0.5) is 5.00 Å². The molecular weight excluding hydrogens is 282 g/mol. The van der Waals surface area contributed by atoms with Crippen molar-refractivity contribution in [3.8, 4) is 0 Å². The summed E-state index contributed by atoms with van der Waals surface area (Å²) in [5, 5.41) is 3.81. The fraction of sp³-hybridized carbons (Fsp3) is 0.294. The summed E-state index contributed by atoms with van der Waals surface area (Å²) in [4.78, 5) is 2.55. The Balaban J connectivity index is 1.66. The SMILES string of the molecule is c1ccc(Cc2csc3cc(N4CCCC4)sc23)cc1. The first kappa shape index (κ1) is 12.4. The predicted octanol–water partition coefficient (Wildman–Crippen LogP) is 5.15. The highest BCUT2D eigenvalue weighted by molar-refractivity contribution is 7.29. The lowest BCUT2D eigenvalue weighted by Gasteiger charge is -2.13. The van der Waals surface area contributed by atoms with E-state index < -0.39 is 0 Å². The molecule has 102 valence electrons. The summed E-state index contributed by atoms with van der Waals surface area (Å²) in [7, 11) is 0. The second kappa shape index (κ2) is 5.23. The van der Waals surface area contributed by atoms with E-state index >= 15 is 0 Å². The number of fused-ring (bicyclic) bond motifs is 1. The van der Waals surface area contributed by atoms with Crippen LogP contribution in [0.15, 0.2) is 41.8 Å². The van der Waals surface area contributed by atoms with E-state index in [9.17, 15) is 0 Å². The van der Waals surface area contributed by atoms with Crippen LogP contribution >= 0.6 is 22.7 Å². The topological polar surface area (TPSA) is 3.24 Å². The van der Waals surface area contributed by atoms with Crippen LogP contribution < -0.4 is 4.90 Å². The number of hydrogen-bond donors (Lipinski definition) is 0. The second-order valence-electron chi connectivity index (χ2n) is 5.40. The zero-order valence-electron chi connectivity index (χ0n) is 11.3. The molecule has 1 nitrogen and oxygen atoms in total. The Morgan fingerprint density at radius 2 is 1.85 bits per heavy atom. The first-order chi connectivity index (χ1) is 9.90. The van der Waals surface area contributed by atoms with Crippen molar-refractivity contribution in [1.82, 2.24) is 0 Å². The number of nitrogens with zero attached hydrogens (tertiary/aromatic N) is 1. The van der Waals surface area contributed by atoms with Gasteiger partial charge < -0.3 is 4.90 Å². The molecule has 0 spiro atoms. The normalized spacial score (nSPS) is 15.3. The molecule has 2 aromatic heterocycles. The molecule has 1 aliphatic heterocycles. The quantitative estimate of drug-likeness (QED) is 0.646. The van der Waals surface area contributed by atoms with E-state index in [1.807, 2.05) is 22.7 Å². The van der Waals surface area contributed by atoms with Crippen LogP contribution in [0, 0.1) is 0 Å². The Morgan fingerprint density at radius 3 is 2.65 bits per heavy atom. The molecule has 0 aliphatic carbocycles. The van der Waals surface area contributed by atoms with E-state index in [1.54, 1.807) is 0 Å². The highest BCUT2D eigenvalue weighted by atomic mass is 32.1. The van der Waals surface area contributed by atoms with Gasteiger partial charge in [-0.05, 0) is 41.8 Å². The lowest BCUT2D eigenvalue weighted by Crippen LogP contribution is -2.15. The van der Waals surface area contributed by atoms with Gasteiger partial charge in [-0.15, -0.1) is 22.7 Å². The minimum absolute atomic E-state index is 1.06. The Hall–Kier alpha value is -1.32. The largest absolute Gasteiger partial charge is 0.363 e. The maximum absolute atomic E-state index is 2.55. The van der Waals surface area contributed by atoms with Crippen molar-refractivity contribution in [2.75, 3.05) is 18.0 Å². The van der Waals surface area contributed by atoms with Crippen LogP contribution in [0.3, 0.4) is 0 Å². The smallest absolute Gasteiger partial charge is 0.0929 e. The van der Waals surface area contributed by atoms with Crippen molar-refractivity contribution in [1.29, 1.82) is 0 Å². The van der Waals surface area contributed by atoms with Gasteiger partial charge >= 0.3 is 0 Å². The molecule has 1 saturated heterocycles. The van der Waals surface area contributed by atoms with Crippen molar-refractivity contribution >= 4 is 37.1 Å². The summed E-state index contributed by atoms with van der Waals surface area (Å²) < 4.78 is 2.96. The van der Waals surface area contributed by atoms with Gasteiger partial charge in [0.25, 0.3) is 0 Å². The van der Waals surface area contributed by atoms with Crippen LogP contribution in [0.25, 0.3) is 9.40 Å². The molecule has 0 radical (unpaired) electrons. The lowest BCUT2D eigenvalue weighted by atomic mass is 10.1. The van der Waals surface area contributed by atoms with Crippen molar-refractivity contribution in [3.05, 3.63) is 52.9 Å². The first-order valence-electron chi connectivity index (χ1n) is 7.19. The van der Waals surface area contributed by atoms with Gasteiger partial charge in [0.2, 0.25) is 0 Å². The van der Waals surface area contributed by atoms with Crippen molar-refractivity contribution < 1.29 is 0 Å². The summed E-state index contributed by atoms with van der Waals surface area (Å²) >= 11 is 3.88. The van der Waals surface area contributed by atoms with E-state index in [2.05, 4.69) is 46.7 Å². The van der Waals surface area contributed by atoms with E-state index in [0.29, 0.717) is 0 Å². The van der Waals surface area contributed by atoms with E-state index in [4.69, 9.17) is 0 Å². The number of rotatable bonds is 3. The summed E-state index contributed by atoms with van der Waals surface area (Å²) in [6.45, 7) is 2.48. The highest BCUT2D eigenvalue weighted by Crippen LogP contribution is 2.40. The van der Waals surface area contributed by atoms with Gasteiger partial charge in [0.1, 0.15) is 0 Å². The average molecular weight is 299 g/mol. The van der Waals surface area contributed by atoms with E-state index in [0.717, 1.165) is 6.42 Å². The minimum Gasteiger partial charge on any atom is -0.363 e. The maximum Gasteiger partial charge on any atom is 0.0929 e. The molecule has 0 bridgehead atoms. The summed E-state index contributed by atoms with van der Waals surface area (Å²) in [6.07, 6.45) is 3.76. The van der Waals surface area contributed by atoms with Gasteiger partial charge in [-0.3, -0.25) is 0 Å². The maximum atomic E-state index is 2.55. The molecule has 20 heavy (non-hydrogen) atoms. The Kier molecular flexibility index (Phi) is 3.25. The van der Waals surface area contributed by atoms with Gasteiger partial charge in [-0.1, -0.05) is 30.3 Å². The standard InChI is InChI=1S/C17H17NS2/c1-2-6-13(7-3-1)10-14-12-19-15-11-16(20-17(14)15)18-8-4-5-9-18/h1-3,6-7,11-12H,4-5,8-10H2. The molecule has 3 heterocycles. The summed E-state index contributed by atoms with van der Waals surface area (Å²) in [6, 6.07) is 13.2. The van der Waals surface area contributed by atoms with E-state index in [1.165, 1.54) is 51.5 Å². The minimum atomic E-state index is 1.06. The summed E-state index contributed by atoms with van der Waals surface area (Å²) in [5.74, 6) is 0. The monoisotopic (exact) mass is 299 g/mol. The molecule has 0 unspecified atom stereocenters. The number of thiophene rings is 2. The van der Waals surface area contributed by atoms with Crippen molar-refractivity contribution in [2.24, 2.45) is 0 Å². The molecular formula is C17H17NS2. The van der Waals surface area contributed by atoms with Crippen LogP contribution in [0.5, 0.6) is 0 Å². The molecule has 1 aromatic carbocycles. The van der Waals surface area contributed by atoms with Gasteiger partial charge in [0, 0.05) is 17.8 Å². The van der Waals surface area contributed by atoms with Gasteiger partial charge in [0.15, 0.2) is 0 Å². The number of anilines is 1. The van der Waals surface area contributed by atoms with Crippen LogP contribution in [0.1, 0.15) is 24.0 Å². The number of hydrogen-bond acceptors (Lipinski definition) is 3. The number of benzene rings is 1. The Morgan fingerprint density at radius 1 is 1.05 bits per heavy atom. The van der Waals surface area contributed by atoms with Crippen LogP contribution in [-0.4, -0.2) is 13.1 Å².